The second kappa shape index (κ2) is 4.08. The molecule has 0 aliphatic rings. The monoisotopic (exact) mass is 179 g/mol. The molecule has 0 fully saturated rings. The number of rotatable bonds is 2. The lowest BCUT2D eigenvalue weighted by atomic mass is 10.5. The molecule has 0 unspecified atom stereocenters. The summed E-state index contributed by atoms with van der Waals surface area (Å²) in [7, 11) is 0. The van der Waals surface area contributed by atoms with Gasteiger partial charge in [0.25, 0.3) is 0 Å². The predicted octanol–water partition coefficient (Wildman–Crippen LogP) is 0.369. The Hall–Kier alpha value is -2.07. The highest BCUT2D eigenvalue weighted by Crippen LogP contribution is 2.09. The summed E-state index contributed by atoms with van der Waals surface area (Å²) in [6.45, 7) is 1.25. The molecular formula is C7H5N3O3. The van der Waals surface area contributed by atoms with Crippen molar-refractivity contribution in [3.05, 3.63) is 12.1 Å². The summed E-state index contributed by atoms with van der Waals surface area (Å²) in [5, 5.41) is 6.94. The summed E-state index contributed by atoms with van der Waals surface area (Å²) in [4.78, 5) is 23.4. The first kappa shape index (κ1) is 9.02. The van der Waals surface area contributed by atoms with E-state index in [0.29, 0.717) is 0 Å². The minimum Gasteiger partial charge on any atom is -0.406 e. The maximum absolute atomic E-state index is 10.4. The number of carbonyl (C=O) groups is 1. The first-order valence-corrected chi connectivity index (χ1v) is 3.32. The van der Waals surface area contributed by atoms with Crippen molar-refractivity contribution in [1.29, 1.82) is 0 Å². The third-order valence-corrected chi connectivity index (χ3v) is 1.03. The zero-order valence-corrected chi connectivity index (χ0v) is 6.72. The van der Waals surface area contributed by atoms with Crippen LogP contribution in [0.25, 0.3) is 0 Å². The zero-order valence-electron chi connectivity index (χ0n) is 6.72. The van der Waals surface area contributed by atoms with Crippen molar-refractivity contribution in [1.82, 2.24) is 10.2 Å². The Bertz CT molecular complexity index is 354. The van der Waals surface area contributed by atoms with E-state index in [2.05, 4.69) is 19.9 Å². The van der Waals surface area contributed by atoms with Crippen LogP contribution in [-0.2, 0) is 9.59 Å². The molecule has 0 saturated carbocycles. The number of aromatic nitrogens is 2. The number of hydrogen-bond acceptors (Lipinski definition) is 6. The van der Waals surface area contributed by atoms with E-state index in [4.69, 9.17) is 0 Å². The summed E-state index contributed by atoms with van der Waals surface area (Å²) < 4.78 is 4.59. The molecule has 0 atom stereocenters. The Morgan fingerprint density at radius 3 is 2.77 bits per heavy atom. The van der Waals surface area contributed by atoms with Crippen LogP contribution < -0.4 is 4.74 Å². The molecule has 0 aliphatic heterocycles. The maximum atomic E-state index is 10.4. The third kappa shape index (κ3) is 2.80. The second-order valence-corrected chi connectivity index (χ2v) is 2.03. The molecule has 0 N–H and O–H groups in total. The fourth-order valence-electron chi connectivity index (χ4n) is 0.621. The maximum Gasteiger partial charge on any atom is 0.309 e. The van der Waals surface area contributed by atoms with E-state index < -0.39 is 5.97 Å². The third-order valence-electron chi connectivity index (χ3n) is 1.03. The van der Waals surface area contributed by atoms with Crippen LogP contribution in [0.2, 0.25) is 0 Å². The molecule has 1 rings (SSSR count). The summed E-state index contributed by atoms with van der Waals surface area (Å²) in [5.74, 6) is -0.302. The molecule has 1 aromatic heterocycles. The highest BCUT2D eigenvalue weighted by Gasteiger charge is 1.99. The fourth-order valence-corrected chi connectivity index (χ4v) is 0.621. The number of esters is 1. The molecule has 0 radical (unpaired) electrons. The molecular weight excluding hydrogens is 174 g/mol. The van der Waals surface area contributed by atoms with Gasteiger partial charge in [-0.25, -0.2) is 4.79 Å². The van der Waals surface area contributed by atoms with Gasteiger partial charge in [0.15, 0.2) is 5.82 Å². The molecule has 0 bridgehead atoms. The molecule has 0 saturated heterocycles. The quantitative estimate of drug-likeness (QED) is 0.372. The van der Waals surface area contributed by atoms with Gasteiger partial charge in [-0.05, 0) is 6.07 Å². The van der Waals surface area contributed by atoms with Crippen LogP contribution in [0, 0.1) is 0 Å². The number of carbonyl (C=O) groups excluding carboxylic acids is 2. The molecule has 0 amide bonds. The molecule has 6 nitrogen and oxygen atoms in total. The molecule has 66 valence electrons. The average Bonchev–Trinajstić information content (AvgIpc) is 2.08. The van der Waals surface area contributed by atoms with Crippen LogP contribution in [0.4, 0.5) is 5.82 Å². The van der Waals surface area contributed by atoms with Gasteiger partial charge in [0.2, 0.25) is 12.0 Å². The van der Waals surface area contributed by atoms with Crippen molar-refractivity contribution < 1.29 is 14.3 Å². The predicted molar refractivity (Wildman–Crippen MR) is 41.1 cm³/mol. The van der Waals surface area contributed by atoms with Gasteiger partial charge in [-0.1, -0.05) is 0 Å². The zero-order chi connectivity index (χ0) is 9.68. The van der Waals surface area contributed by atoms with Crippen LogP contribution >= 0.6 is 0 Å². The SMILES string of the molecule is CC(=O)Oc1ccc(N=C=O)nn1. The number of aliphatic imine (C=N–C) groups is 1. The first-order chi connectivity index (χ1) is 6.22. The highest BCUT2D eigenvalue weighted by molar-refractivity contribution is 5.68. The van der Waals surface area contributed by atoms with Crippen LogP contribution in [0.15, 0.2) is 17.1 Å². The Labute approximate surface area is 73.3 Å². The van der Waals surface area contributed by atoms with Crippen molar-refractivity contribution >= 4 is 17.9 Å². The standard InChI is InChI=1S/C7H5N3O3/c1-5(12)13-7-3-2-6(8-4-11)9-10-7/h2-3H,1H3. The van der Waals surface area contributed by atoms with E-state index >= 15 is 0 Å². The minimum absolute atomic E-state index is 0.0670. The van der Waals surface area contributed by atoms with Crippen molar-refractivity contribution in [3.63, 3.8) is 0 Å². The van der Waals surface area contributed by atoms with Crippen LogP contribution in [0.5, 0.6) is 5.88 Å². The molecule has 0 aliphatic carbocycles. The number of hydrogen-bond donors (Lipinski definition) is 0. The molecule has 0 aromatic carbocycles. The van der Waals surface area contributed by atoms with Gasteiger partial charge in [-0.15, -0.1) is 15.2 Å². The van der Waals surface area contributed by atoms with E-state index in [1.807, 2.05) is 0 Å². The van der Waals surface area contributed by atoms with Crippen LogP contribution in [0.3, 0.4) is 0 Å². The Morgan fingerprint density at radius 1 is 1.54 bits per heavy atom. The minimum atomic E-state index is -0.485. The smallest absolute Gasteiger partial charge is 0.309 e. The Morgan fingerprint density at radius 2 is 2.31 bits per heavy atom. The molecule has 1 aromatic rings. The van der Waals surface area contributed by atoms with Crippen molar-refractivity contribution in [2.75, 3.05) is 0 Å². The van der Waals surface area contributed by atoms with Crippen molar-refractivity contribution in [3.8, 4) is 5.88 Å². The second-order valence-electron chi connectivity index (χ2n) is 2.03. The van der Waals surface area contributed by atoms with E-state index in [9.17, 15) is 9.59 Å². The van der Waals surface area contributed by atoms with E-state index in [-0.39, 0.29) is 11.7 Å². The van der Waals surface area contributed by atoms with Crippen molar-refractivity contribution in [2.24, 2.45) is 4.99 Å². The largest absolute Gasteiger partial charge is 0.406 e. The summed E-state index contributed by atoms with van der Waals surface area (Å²) in [6, 6.07) is 2.76. The van der Waals surface area contributed by atoms with Crippen LogP contribution in [-0.4, -0.2) is 22.2 Å². The lowest BCUT2D eigenvalue weighted by molar-refractivity contribution is -0.132. The van der Waals surface area contributed by atoms with Crippen LogP contribution in [0.1, 0.15) is 6.92 Å². The van der Waals surface area contributed by atoms with Gasteiger partial charge >= 0.3 is 5.97 Å². The van der Waals surface area contributed by atoms with Gasteiger partial charge in [0, 0.05) is 13.0 Å². The molecule has 0 spiro atoms. The summed E-state index contributed by atoms with van der Waals surface area (Å²) in [6.07, 6.45) is 1.31. The number of isocyanates is 1. The lowest BCUT2D eigenvalue weighted by Gasteiger charge is -1.96. The number of ether oxygens (including phenoxy) is 1. The molecule has 13 heavy (non-hydrogen) atoms. The topological polar surface area (TPSA) is 81.5 Å². The lowest BCUT2D eigenvalue weighted by Crippen LogP contribution is -2.03. The highest BCUT2D eigenvalue weighted by atomic mass is 16.5. The van der Waals surface area contributed by atoms with E-state index in [0.717, 1.165) is 0 Å². The van der Waals surface area contributed by atoms with Gasteiger partial charge in [0.1, 0.15) is 0 Å². The fraction of sp³-hybridized carbons (Fsp3) is 0.143. The van der Waals surface area contributed by atoms with E-state index in [1.54, 1.807) is 0 Å². The normalized spacial score (nSPS) is 8.69. The first-order valence-electron chi connectivity index (χ1n) is 3.32. The number of nitrogens with zero attached hydrogens (tertiary/aromatic N) is 3. The van der Waals surface area contributed by atoms with Gasteiger partial charge < -0.3 is 4.74 Å². The summed E-state index contributed by atoms with van der Waals surface area (Å²) in [5.41, 5.74) is 0. The molecule has 1 heterocycles. The summed E-state index contributed by atoms with van der Waals surface area (Å²) >= 11 is 0. The Kier molecular flexibility index (Phi) is 2.83. The average molecular weight is 179 g/mol. The molecule has 6 heteroatoms. The van der Waals surface area contributed by atoms with Gasteiger partial charge in [0.05, 0.1) is 0 Å². The van der Waals surface area contributed by atoms with Crippen molar-refractivity contribution in [2.45, 2.75) is 6.92 Å². The van der Waals surface area contributed by atoms with Gasteiger partial charge in [-0.3, -0.25) is 4.79 Å². The van der Waals surface area contributed by atoms with Gasteiger partial charge in [-0.2, -0.15) is 0 Å². The Balaban J connectivity index is 2.80. The van der Waals surface area contributed by atoms with E-state index in [1.165, 1.54) is 25.1 Å².